The first-order valence-electron chi connectivity index (χ1n) is 7.25. The van der Waals surface area contributed by atoms with Gasteiger partial charge in [0.1, 0.15) is 17.2 Å². The highest BCUT2D eigenvalue weighted by molar-refractivity contribution is 7.98. The Kier molecular flexibility index (Phi) is 3.98. The van der Waals surface area contributed by atoms with Crippen LogP contribution in [0.1, 0.15) is 0 Å². The largest absolute Gasteiger partial charge is 0.411 e. The maximum atomic E-state index is 12.9. The van der Waals surface area contributed by atoms with Crippen LogP contribution in [0, 0.1) is 5.82 Å². The number of hydrogen-bond donors (Lipinski definition) is 0. The van der Waals surface area contributed by atoms with E-state index in [9.17, 15) is 9.18 Å². The van der Waals surface area contributed by atoms with Crippen LogP contribution < -0.4 is 5.56 Å². The van der Waals surface area contributed by atoms with Crippen LogP contribution in [0.15, 0.2) is 63.0 Å². The maximum absolute atomic E-state index is 12.9. The predicted octanol–water partition coefficient (Wildman–Crippen LogP) is 2.73. The normalized spacial score (nSPS) is 11.1. The lowest BCUT2D eigenvalue weighted by atomic mass is 10.2. The van der Waals surface area contributed by atoms with Gasteiger partial charge in [-0.3, -0.25) is 4.79 Å². The van der Waals surface area contributed by atoms with E-state index >= 15 is 0 Å². The lowest BCUT2D eigenvalue weighted by molar-refractivity contribution is 0.464. The van der Waals surface area contributed by atoms with Gasteiger partial charge in [0.15, 0.2) is 0 Å². The first-order valence-corrected chi connectivity index (χ1v) is 8.24. The van der Waals surface area contributed by atoms with E-state index in [-0.39, 0.29) is 28.4 Å². The third-order valence-corrected chi connectivity index (χ3v) is 4.22. The third-order valence-electron chi connectivity index (χ3n) is 3.44. The van der Waals surface area contributed by atoms with Crippen LogP contribution in [0.4, 0.5) is 4.39 Å². The standard InChI is InChI=1S/C16H10FN5O2S/c17-11-7-5-10(6-8-11)14-19-20-16(24-14)25-9-22-15(23)12-3-1-2-4-13(12)18-21-22/h1-8H,9H2. The predicted molar refractivity (Wildman–Crippen MR) is 89.3 cm³/mol. The Hall–Kier alpha value is -3.07. The molecule has 0 bridgehead atoms. The van der Waals surface area contributed by atoms with E-state index in [0.29, 0.717) is 16.5 Å². The second kappa shape index (κ2) is 6.44. The Balaban J connectivity index is 1.53. The minimum absolute atomic E-state index is 0.182. The lowest BCUT2D eigenvalue weighted by Gasteiger charge is -2.02. The number of nitrogens with zero attached hydrogens (tertiary/aromatic N) is 5. The molecule has 2 heterocycles. The molecule has 0 amide bonds. The topological polar surface area (TPSA) is 86.7 Å². The zero-order chi connectivity index (χ0) is 17.2. The van der Waals surface area contributed by atoms with E-state index in [1.807, 2.05) is 0 Å². The summed E-state index contributed by atoms with van der Waals surface area (Å²) in [6.07, 6.45) is 0. The van der Waals surface area contributed by atoms with Gasteiger partial charge in [0.05, 0.1) is 5.39 Å². The summed E-state index contributed by atoms with van der Waals surface area (Å²) < 4.78 is 19.7. The van der Waals surface area contributed by atoms with Crippen molar-refractivity contribution in [3.8, 4) is 11.5 Å². The summed E-state index contributed by atoms with van der Waals surface area (Å²) in [4.78, 5) is 12.4. The molecular formula is C16H10FN5O2S. The van der Waals surface area contributed by atoms with E-state index in [0.717, 1.165) is 11.8 Å². The summed E-state index contributed by atoms with van der Waals surface area (Å²) in [6, 6.07) is 12.7. The van der Waals surface area contributed by atoms with Gasteiger partial charge in [-0.25, -0.2) is 4.39 Å². The van der Waals surface area contributed by atoms with Gasteiger partial charge < -0.3 is 4.42 Å². The second-order valence-corrected chi connectivity index (χ2v) is 5.96. The number of fused-ring (bicyclic) bond motifs is 1. The van der Waals surface area contributed by atoms with E-state index < -0.39 is 0 Å². The van der Waals surface area contributed by atoms with Crippen LogP contribution >= 0.6 is 11.8 Å². The molecular weight excluding hydrogens is 345 g/mol. The number of aromatic nitrogens is 5. The van der Waals surface area contributed by atoms with Gasteiger partial charge in [0.25, 0.3) is 10.8 Å². The maximum Gasteiger partial charge on any atom is 0.278 e. The minimum Gasteiger partial charge on any atom is -0.411 e. The molecule has 0 fully saturated rings. The van der Waals surface area contributed by atoms with Crippen LogP contribution in [0.5, 0.6) is 0 Å². The van der Waals surface area contributed by atoms with Gasteiger partial charge in [-0.15, -0.1) is 15.3 Å². The van der Waals surface area contributed by atoms with Gasteiger partial charge >= 0.3 is 0 Å². The van der Waals surface area contributed by atoms with Gasteiger partial charge in [-0.2, -0.15) is 4.68 Å². The van der Waals surface area contributed by atoms with Crippen LogP contribution in [-0.4, -0.2) is 25.2 Å². The molecule has 0 saturated heterocycles. The highest BCUT2D eigenvalue weighted by atomic mass is 32.2. The Morgan fingerprint density at radius 2 is 1.84 bits per heavy atom. The molecule has 4 rings (SSSR count). The van der Waals surface area contributed by atoms with Gasteiger partial charge in [0.2, 0.25) is 5.89 Å². The van der Waals surface area contributed by atoms with E-state index in [1.54, 1.807) is 36.4 Å². The molecule has 0 unspecified atom stereocenters. The summed E-state index contributed by atoms with van der Waals surface area (Å²) in [6.45, 7) is 0. The minimum atomic E-state index is -0.341. The highest BCUT2D eigenvalue weighted by Gasteiger charge is 2.11. The number of halogens is 1. The summed E-state index contributed by atoms with van der Waals surface area (Å²) >= 11 is 1.16. The SMILES string of the molecule is O=c1c2ccccc2nnn1CSc1nnc(-c2ccc(F)cc2)o1. The smallest absolute Gasteiger partial charge is 0.278 e. The fourth-order valence-corrected chi connectivity index (χ4v) is 2.84. The number of hydrogen-bond acceptors (Lipinski definition) is 7. The average Bonchev–Trinajstić information content (AvgIpc) is 3.11. The summed E-state index contributed by atoms with van der Waals surface area (Å²) in [5.41, 5.74) is 0.921. The lowest BCUT2D eigenvalue weighted by Crippen LogP contribution is -2.23. The highest BCUT2D eigenvalue weighted by Crippen LogP contribution is 2.23. The average molecular weight is 355 g/mol. The monoisotopic (exact) mass is 355 g/mol. The number of rotatable bonds is 4. The van der Waals surface area contributed by atoms with Crippen LogP contribution in [0.2, 0.25) is 0 Å². The molecule has 7 nitrogen and oxygen atoms in total. The summed E-state index contributed by atoms with van der Waals surface area (Å²) in [5, 5.41) is 16.5. The van der Waals surface area contributed by atoms with Crippen molar-refractivity contribution in [1.29, 1.82) is 0 Å². The molecule has 0 saturated carbocycles. The molecule has 124 valence electrons. The summed E-state index contributed by atoms with van der Waals surface area (Å²) in [7, 11) is 0. The van der Waals surface area contributed by atoms with Crippen molar-refractivity contribution < 1.29 is 8.81 Å². The van der Waals surface area contributed by atoms with Gasteiger partial charge in [-0.1, -0.05) is 17.3 Å². The van der Waals surface area contributed by atoms with Crippen molar-refractivity contribution in [3.63, 3.8) is 0 Å². The molecule has 2 aromatic carbocycles. The Bertz CT molecular complexity index is 1090. The Morgan fingerprint density at radius 1 is 1.04 bits per heavy atom. The molecule has 25 heavy (non-hydrogen) atoms. The molecule has 0 aliphatic rings. The van der Waals surface area contributed by atoms with E-state index in [2.05, 4.69) is 20.5 Å². The number of thioether (sulfide) groups is 1. The Labute approximate surface area is 144 Å². The fourth-order valence-electron chi connectivity index (χ4n) is 2.20. The van der Waals surface area contributed by atoms with E-state index in [4.69, 9.17) is 4.42 Å². The molecule has 4 aromatic rings. The zero-order valence-corrected chi connectivity index (χ0v) is 13.5. The van der Waals surface area contributed by atoms with Gasteiger partial charge in [-0.05, 0) is 48.2 Å². The molecule has 0 N–H and O–H groups in total. The van der Waals surface area contributed by atoms with Crippen molar-refractivity contribution in [1.82, 2.24) is 25.2 Å². The van der Waals surface area contributed by atoms with Gasteiger partial charge in [0, 0.05) is 5.56 Å². The first kappa shape index (κ1) is 15.5. The molecule has 0 radical (unpaired) electrons. The quantitative estimate of drug-likeness (QED) is 0.520. The van der Waals surface area contributed by atoms with Crippen LogP contribution in [-0.2, 0) is 5.88 Å². The molecule has 0 aliphatic carbocycles. The first-order chi connectivity index (χ1) is 12.2. The molecule has 2 aromatic heterocycles. The van der Waals surface area contributed by atoms with Crippen LogP contribution in [0.25, 0.3) is 22.4 Å². The van der Waals surface area contributed by atoms with Crippen molar-refractivity contribution in [2.24, 2.45) is 0 Å². The second-order valence-electron chi connectivity index (χ2n) is 5.06. The fraction of sp³-hybridized carbons (Fsp3) is 0.0625. The Morgan fingerprint density at radius 3 is 2.68 bits per heavy atom. The van der Waals surface area contributed by atoms with Crippen molar-refractivity contribution in [2.45, 2.75) is 11.1 Å². The third kappa shape index (κ3) is 3.13. The summed E-state index contributed by atoms with van der Waals surface area (Å²) in [5.74, 6) is 0.119. The zero-order valence-electron chi connectivity index (χ0n) is 12.7. The molecule has 0 aliphatic heterocycles. The van der Waals surface area contributed by atoms with Crippen LogP contribution in [0.3, 0.4) is 0 Å². The van der Waals surface area contributed by atoms with Crippen molar-refractivity contribution >= 4 is 22.7 Å². The molecule has 0 spiro atoms. The molecule has 0 atom stereocenters. The van der Waals surface area contributed by atoms with Crippen molar-refractivity contribution in [3.05, 3.63) is 64.7 Å². The van der Waals surface area contributed by atoms with E-state index in [1.165, 1.54) is 16.8 Å². The van der Waals surface area contributed by atoms with Crippen molar-refractivity contribution in [2.75, 3.05) is 0 Å². The molecule has 9 heteroatoms. The number of benzene rings is 2.